The topological polar surface area (TPSA) is 0 Å². The molecule has 0 N–H and O–H groups in total. The van der Waals surface area contributed by atoms with Crippen molar-refractivity contribution in [3.8, 4) is 0 Å². The number of hydrogen-bond acceptors (Lipinski definition) is 0. The molecule has 168 valence electrons. The van der Waals surface area contributed by atoms with Crippen LogP contribution in [-0.2, 0) is 0 Å². The van der Waals surface area contributed by atoms with Crippen molar-refractivity contribution in [3.05, 3.63) is 0 Å². The van der Waals surface area contributed by atoms with E-state index < -0.39 is 6.95 Å². The van der Waals surface area contributed by atoms with Gasteiger partial charge in [0, 0.05) is 0 Å². The van der Waals surface area contributed by atoms with Crippen LogP contribution in [0, 0.1) is 0 Å². The van der Waals surface area contributed by atoms with Crippen molar-refractivity contribution < 1.29 is 0 Å². The molecule has 0 rings (SSSR count). The fraction of sp³-hybridized carbons (Fsp3) is 0.962. The molecule has 0 saturated heterocycles. The third kappa shape index (κ3) is 17.5. The first-order chi connectivity index (χ1) is 13.7. The Labute approximate surface area is 182 Å². The molecule has 0 saturated carbocycles. The van der Waals surface area contributed by atoms with Crippen molar-refractivity contribution in [1.29, 1.82) is 0 Å². The van der Waals surface area contributed by atoms with E-state index in [-0.39, 0.29) is 0 Å². The lowest BCUT2D eigenvalue weighted by atomic mass is 10.1. The van der Waals surface area contributed by atoms with Gasteiger partial charge < -0.3 is 0 Å². The second kappa shape index (κ2) is 22.3. The molecule has 0 radical (unpaired) electrons. The molecule has 2 heteroatoms. The Kier molecular flexibility index (Phi) is 22.8. The van der Waals surface area contributed by atoms with Gasteiger partial charge in [-0.3, -0.25) is 0 Å². The normalized spacial score (nSPS) is 12.3. The highest BCUT2D eigenvalue weighted by Crippen LogP contribution is 2.71. The highest BCUT2D eigenvalue weighted by atomic mass is 32.1. The molecule has 0 aliphatic heterocycles. The molecular weight excluding hydrogens is 374 g/mol. The van der Waals surface area contributed by atoms with E-state index in [1.165, 1.54) is 116 Å². The van der Waals surface area contributed by atoms with Crippen molar-refractivity contribution in [2.45, 2.75) is 143 Å². The van der Waals surface area contributed by atoms with Crippen molar-refractivity contribution >= 4 is 20.6 Å². The Morgan fingerprint density at radius 1 is 0.464 bits per heavy atom. The highest BCUT2D eigenvalue weighted by Gasteiger charge is 2.34. The van der Waals surface area contributed by atoms with E-state index >= 15 is 0 Å². The molecule has 0 atom stereocenters. The second-order valence-electron chi connectivity index (χ2n) is 8.94. The largest absolute Gasteiger partial charge is 0.0840 e. The molecule has 0 aromatic heterocycles. The van der Waals surface area contributed by atoms with Crippen LogP contribution in [0.25, 0.3) is 0 Å². The van der Waals surface area contributed by atoms with Gasteiger partial charge in [0.15, 0.2) is 0 Å². The average molecular weight is 430 g/mol. The maximum Gasteiger partial charge on any atom is 0.0840 e. The average Bonchev–Trinajstić information content (AvgIpc) is 2.70. The van der Waals surface area contributed by atoms with Crippen LogP contribution in [0.3, 0.4) is 0 Å². The Morgan fingerprint density at radius 3 is 1.04 bits per heavy atom. The zero-order valence-corrected chi connectivity index (χ0v) is 22.1. The molecule has 0 aromatic carbocycles. The van der Waals surface area contributed by atoms with E-state index in [1.807, 2.05) is 0 Å². The molecule has 28 heavy (non-hydrogen) atoms. The summed E-state index contributed by atoms with van der Waals surface area (Å²) in [5.74, 6) is 2.51. The van der Waals surface area contributed by atoms with Crippen molar-refractivity contribution in [2.24, 2.45) is 0 Å². The quantitative estimate of drug-likeness (QED) is 0.119. The van der Waals surface area contributed by atoms with Gasteiger partial charge in [-0.25, -0.2) is 0 Å². The standard InChI is InChI=1S/C26H55P2/c1-5-9-12-15-18-21-24-28(27-8-4,25-22-19-16-13-10-6-2)26-23-20-17-14-11-7-3/h8H,5-7,9-26H2,1-4H3/q+1. The number of rotatable bonds is 22. The monoisotopic (exact) mass is 429 g/mol. The minimum absolute atomic E-state index is 0.746. The first-order valence-electron chi connectivity index (χ1n) is 13.1. The fourth-order valence-corrected chi connectivity index (χ4v) is 12.0. The lowest BCUT2D eigenvalue weighted by Gasteiger charge is -2.23. The van der Waals surface area contributed by atoms with Gasteiger partial charge in [0.1, 0.15) is 0 Å². The smallest absolute Gasteiger partial charge is 0.0654 e. The Hall–Kier alpha value is 0.600. The first kappa shape index (κ1) is 28.6. The summed E-state index contributed by atoms with van der Waals surface area (Å²) in [6.07, 6.45) is 31.1. The van der Waals surface area contributed by atoms with Gasteiger partial charge in [-0.2, -0.15) is 0 Å². The summed E-state index contributed by atoms with van der Waals surface area (Å²) < 4.78 is 0. The van der Waals surface area contributed by atoms with Gasteiger partial charge in [0.25, 0.3) is 0 Å². The summed E-state index contributed by atoms with van der Waals surface area (Å²) in [5, 5.41) is 0. The van der Waals surface area contributed by atoms with E-state index in [9.17, 15) is 0 Å². The van der Waals surface area contributed by atoms with Crippen LogP contribution in [0.5, 0.6) is 0 Å². The second-order valence-corrected chi connectivity index (χ2v) is 16.5. The van der Waals surface area contributed by atoms with Gasteiger partial charge in [0.05, 0.1) is 33.3 Å². The molecule has 0 aromatic rings. The molecule has 0 amide bonds. The molecule has 0 heterocycles. The van der Waals surface area contributed by atoms with Gasteiger partial charge in [0.2, 0.25) is 0 Å². The zero-order chi connectivity index (χ0) is 20.8. The molecule has 0 aliphatic carbocycles. The van der Waals surface area contributed by atoms with Crippen LogP contribution in [0.4, 0.5) is 0 Å². The van der Waals surface area contributed by atoms with Crippen LogP contribution < -0.4 is 0 Å². The van der Waals surface area contributed by atoms with Crippen molar-refractivity contribution in [2.75, 3.05) is 18.5 Å². The third-order valence-electron chi connectivity index (χ3n) is 6.14. The van der Waals surface area contributed by atoms with E-state index in [0.717, 1.165) is 0 Å². The summed E-state index contributed by atoms with van der Waals surface area (Å²) in [5.41, 5.74) is 0. The molecule has 0 fully saturated rings. The minimum atomic E-state index is -0.746. The van der Waals surface area contributed by atoms with Crippen LogP contribution in [0.1, 0.15) is 143 Å². The minimum Gasteiger partial charge on any atom is -0.0654 e. The Bertz CT molecular complexity index is 284. The van der Waals surface area contributed by atoms with Gasteiger partial charge in [-0.1, -0.05) is 97.8 Å². The summed E-state index contributed by atoms with van der Waals surface area (Å²) >= 11 is 0. The SMILES string of the molecule is CC=P[P+](CCCCCCCC)(CCCCCCCC)CCCCCCCC. The number of hydrogen-bond donors (Lipinski definition) is 0. The van der Waals surface area contributed by atoms with Crippen molar-refractivity contribution in [1.82, 2.24) is 0 Å². The summed E-state index contributed by atoms with van der Waals surface area (Å²) in [6.45, 7) is 8.55. The third-order valence-corrected chi connectivity index (χ3v) is 14.3. The molecule has 0 aliphatic rings. The molecule has 0 unspecified atom stereocenters. The fourth-order valence-electron chi connectivity index (χ4n) is 4.31. The Balaban J connectivity index is 4.44. The first-order valence-corrected chi connectivity index (χ1v) is 17.1. The van der Waals surface area contributed by atoms with Gasteiger partial charge in [-0.05, 0) is 51.2 Å². The predicted octanol–water partition coefficient (Wildman–Crippen LogP) is 10.8. The molecule has 0 bridgehead atoms. The summed E-state index contributed by atoms with van der Waals surface area (Å²) in [4.78, 5) is 0. The van der Waals surface area contributed by atoms with Gasteiger partial charge in [-0.15, -0.1) is 0 Å². The molecular formula is C26H55P2+. The number of unbranched alkanes of at least 4 members (excludes halogenated alkanes) is 15. The molecule has 0 spiro atoms. The zero-order valence-electron chi connectivity index (χ0n) is 20.3. The lowest BCUT2D eigenvalue weighted by Crippen LogP contribution is -2.04. The predicted molar refractivity (Wildman–Crippen MR) is 140 cm³/mol. The van der Waals surface area contributed by atoms with E-state index in [2.05, 4.69) is 33.5 Å². The van der Waals surface area contributed by atoms with Crippen LogP contribution in [-0.4, -0.2) is 24.3 Å². The van der Waals surface area contributed by atoms with Crippen LogP contribution >= 0.6 is 14.8 Å². The van der Waals surface area contributed by atoms with E-state index in [0.29, 0.717) is 0 Å². The lowest BCUT2D eigenvalue weighted by molar-refractivity contribution is 0.617. The van der Waals surface area contributed by atoms with Gasteiger partial charge >= 0.3 is 0 Å². The maximum absolute atomic E-state index is 2.51. The van der Waals surface area contributed by atoms with Crippen LogP contribution in [0.2, 0.25) is 0 Å². The molecule has 0 nitrogen and oxygen atoms in total. The van der Waals surface area contributed by atoms with Crippen molar-refractivity contribution in [3.63, 3.8) is 0 Å². The van der Waals surface area contributed by atoms with Crippen LogP contribution in [0.15, 0.2) is 0 Å². The Morgan fingerprint density at radius 2 is 0.750 bits per heavy atom. The van der Waals surface area contributed by atoms with E-state index in [4.69, 9.17) is 0 Å². The van der Waals surface area contributed by atoms with E-state index in [1.54, 1.807) is 26.4 Å². The maximum atomic E-state index is 2.51. The highest BCUT2D eigenvalue weighted by molar-refractivity contribution is 8.30. The summed E-state index contributed by atoms with van der Waals surface area (Å²) in [6, 6.07) is 0. The summed E-state index contributed by atoms with van der Waals surface area (Å²) in [7, 11) is 1.76.